The summed E-state index contributed by atoms with van der Waals surface area (Å²) in [5.41, 5.74) is 4.83. The lowest BCUT2D eigenvalue weighted by molar-refractivity contribution is 0.0951. The number of hydrogen-bond acceptors (Lipinski definition) is 3. The first kappa shape index (κ1) is 17.2. The van der Waals surface area contributed by atoms with E-state index in [1.807, 2.05) is 76.2 Å². The molecule has 0 fully saturated rings. The number of carbonyl (C=O) groups is 1. The van der Waals surface area contributed by atoms with Gasteiger partial charge in [-0.05, 0) is 17.0 Å². The van der Waals surface area contributed by atoms with E-state index in [9.17, 15) is 4.79 Å². The highest BCUT2D eigenvalue weighted by molar-refractivity contribution is 7.08. The highest BCUT2D eigenvalue weighted by Gasteiger charge is 2.13. The summed E-state index contributed by atoms with van der Waals surface area (Å²) in [6.07, 6.45) is 2.02. The molecule has 0 spiro atoms. The van der Waals surface area contributed by atoms with Gasteiger partial charge in [0.2, 0.25) is 0 Å². The smallest absolute Gasteiger partial charge is 0.252 e. The fourth-order valence-electron chi connectivity index (χ4n) is 2.95. The number of benzene rings is 2. The minimum atomic E-state index is -0.0638. The zero-order chi connectivity index (χ0) is 18.5. The van der Waals surface area contributed by atoms with E-state index >= 15 is 0 Å². The zero-order valence-electron chi connectivity index (χ0n) is 14.7. The van der Waals surface area contributed by atoms with Crippen LogP contribution in [0.3, 0.4) is 0 Å². The third-order valence-corrected chi connectivity index (χ3v) is 4.98. The molecule has 0 saturated carbocycles. The number of thiophene rings is 1. The molecule has 0 aliphatic carbocycles. The van der Waals surface area contributed by atoms with Crippen LogP contribution < -0.4 is 5.32 Å². The lowest BCUT2D eigenvalue weighted by Gasteiger charge is -2.04. The van der Waals surface area contributed by atoms with Crippen molar-refractivity contribution < 1.29 is 4.79 Å². The van der Waals surface area contributed by atoms with Crippen molar-refractivity contribution in [1.82, 2.24) is 15.1 Å². The van der Waals surface area contributed by atoms with Crippen LogP contribution in [-0.4, -0.2) is 15.7 Å². The highest BCUT2D eigenvalue weighted by Crippen LogP contribution is 2.22. The quantitative estimate of drug-likeness (QED) is 0.537. The van der Waals surface area contributed by atoms with E-state index in [0.29, 0.717) is 18.7 Å². The first-order valence-corrected chi connectivity index (χ1v) is 9.70. The highest BCUT2D eigenvalue weighted by atomic mass is 32.1. The Balaban J connectivity index is 1.59. The van der Waals surface area contributed by atoms with E-state index in [2.05, 4.69) is 17.4 Å². The van der Waals surface area contributed by atoms with Gasteiger partial charge in [-0.3, -0.25) is 9.48 Å². The minimum absolute atomic E-state index is 0.0638. The Morgan fingerprint density at radius 2 is 1.74 bits per heavy atom. The van der Waals surface area contributed by atoms with Crippen molar-refractivity contribution in [3.05, 3.63) is 100 Å². The molecule has 4 rings (SSSR count). The third-order valence-electron chi connectivity index (χ3n) is 4.29. The number of amides is 1. The molecule has 1 N–H and O–H groups in total. The summed E-state index contributed by atoms with van der Waals surface area (Å²) >= 11 is 1.52. The van der Waals surface area contributed by atoms with Crippen molar-refractivity contribution in [2.75, 3.05) is 0 Å². The molecular weight excluding hydrogens is 354 g/mol. The summed E-state index contributed by atoms with van der Waals surface area (Å²) < 4.78 is 1.93. The molecule has 27 heavy (non-hydrogen) atoms. The summed E-state index contributed by atoms with van der Waals surface area (Å²) in [5.74, 6) is -0.0638. The van der Waals surface area contributed by atoms with Gasteiger partial charge in [-0.2, -0.15) is 16.4 Å². The molecule has 0 radical (unpaired) electrons. The molecule has 2 aromatic heterocycles. The maximum absolute atomic E-state index is 12.3. The van der Waals surface area contributed by atoms with Crippen LogP contribution in [-0.2, 0) is 13.1 Å². The van der Waals surface area contributed by atoms with Crippen LogP contribution in [0.25, 0.3) is 11.3 Å². The van der Waals surface area contributed by atoms with Crippen molar-refractivity contribution in [1.29, 1.82) is 0 Å². The zero-order valence-corrected chi connectivity index (χ0v) is 15.5. The predicted molar refractivity (Wildman–Crippen MR) is 109 cm³/mol. The van der Waals surface area contributed by atoms with Crippen molar-refractivity contribution in [2.24, 2.45) is 0 Å². The standard InChI is InChI=1S/C22H19N3OS/c26-22(19-11-12-27-16-19)23-13-20-15-25(14-17-7-3-1-4-8-17)24-21(20)18-9-5-2-6-10-18/h1-12,15-16H,13-14H2,(H,23,26). The fourth-order valence-corrected chi connectivity index (χ4v) is 3.59. The van der Waals surface area contributed by atoms with Crippen molar-refractivity contribution in [3.8, 4) is 11.3 Å². The van der Waals surface area contributed by atoms with Crippen LogP contribution in [0.2, 0.25) is 0 Å². The van der Waals surface area contributed by atoms with Gasteiger partial charge in [-0.15, -0.1) is 0 Å². The average molecular weight is 373 g/mol. The lowest BCUT2D eigenvalue weighted by Crippen LogP contribution is -2.22. The van der Waals surface area contributed by atoms with E-state index in [1.165, 1.54) is 16.9 Å². The van der Waals surface area contributed by atoms with Crippen LogP contribution >= 0.6 is 11.3 Å². The van der Waals surface area contributed by atoms with Gasteiger partial charge in [-0.25, -0.2) is 0 Å². The van der Waals surface area contributed by atoms with E-state index in [-0.39, 0.29) is 5.91 Å². The molecule has 5 heteroatoms. The van der Waals surface area contributed by atoms with Crippen molar-refractivity contribution in [2.45, 2.75) is 13.1 Å². The molecule has 0 aliphatic heterocycles. The minimum Gasteiger partial charge on any atom is -0.348 e. The lowest BCUT2D eigenvalue weighted by atomic mass is 10.1. The summed E-state index contributed by atoms with van der Waals surface area (Å²) in [7, 11) is 0. The molecular formula is C22H19N3OS. The second-order valence-corrected chi connectivity index (χ2v) is 7.03. The van der Waals surface area contributed by atoms with Crippen LogP contribution in [0.15, 0.2) is 83.7 Å². The fraction of sp³-hybridized carbons (Fsp3) is 0.0909. The predicted octanol–water partition coefficient (Wildman–Crippen LogP) is 4.59. The second-order valence-electron chi connectivity index (χ2n) is 6.25. The molecule has 4 nitrogen and oxygen atoms in total. The number of aromatic nitrogens is 2. The number of nitrogens with zero attached hydrogens (tertiary/aromatic N) is 2. The normalized spacial score (nSPS) is 10.7. The van der Waals surface area contributed by atoms with Crippen LogP contribution in [0.4, 0.5) is 0 Å². The van der Waals surface area contributed by atoms with E-state index in [4.69, 9.17) is 5.10 Å². The van der Waals surface area contributed by atoms with Gasteiger partial charge in [0.25, 0.3) is 5.91 Å². The molecule has 1 amide bonds. The van der Waals surface area contributed by atoms with Crippen LogP contribution in [0.1, 0.15) is 21.5 Å². The van der Waals surface area contributed by atoms with E-state index in [1.54, 1.807) is 0 Å². The number of rotatable bonds is 6. The van der Waals surface area contributed by atoms with Gasteiger partial charge < -0.3 is 5.32 Å². The topological polar surface area (TPSA) is 46.9 Å². The van der Waals surface area contributed by atoms with Gasteiger partial charge in [0.05, 0.1) is 12.2 Å². The second kappa shape index (κ2) is 8.01. The van der Waals surface area contributed by atoms with Gasteiger partial charge >= 0.3 is 0 Å². The average Bonchev–Trinajstić information content (AvgIpc) is 3.38. The molecule has 134 valence electrons. The van der Waals surface area contributed by atoms with Crippen molar-refractivity contribution in [3.63, 3.8) is 0 Å². The Bertz CT molecular complexity index is 1010. The maximum atomic E-state index is 12.3. The first-order valence-electron chi connectivity index (χ1n) is 8.75. The molecule has 0 atom stereocenters. The van der Waals surface area contributed by atoms with Crippen LogP contribution in [0, 0.1) is 0 Å². The van der Waals surface area contributed by atoms with Gasteiger partial charge in [0.15, 0.2) is 0 Å². The summed E-state index contributed by atoms with van der Waals surface area (Å²) in [6, 6.07) is 22.1. The number of hydrogen-bond donors (Lipinski definition) is 1. The Morgan fingerprint density at radius 3 is 2.44 bits per heavy atom. The Kier molecular flexibility index (Phi) is 5.12. The molecule has 2 aromatic carbocycles. The molecule has 0 aliphatic rings. The van der Waals surface area contributed by atoms with Gasteiger partial charge in [-0.1, -0.05) is 60.7 Å². The summed E-state index contributed by atoms with van der Waals surface area (Å²) in [6.45, 7) is 1.13. The van der Waals surface area contributed by atoms with Crippen molar-refractivity contribution >= 4 is 17.2 Å². The van der Waals surface area contributed by atoms with E-state index < -0.39 is 0 Å². The van der Waals surface area contributed by atoms with Crippen LogP contribution in [0.5, 0.6) is 0 Å². The third kappa shape index (κ3) is 4.15. The van der Waals surface area contributed by atoms with Gasteiger partial charge in [0.1, 0.15) is 0 Å². The largest absolute Gasteiger partial charge is 0.348 e. The molecule has 4 aromatic rings. The molecule has 0 saturated heterocycles. The van der Waals surface area contributed by atoms with Gasteiger partial charge in [0, 0.05) is 34.8 Å². The Hall–Kier alpha value is -3.18. The number of carbonyl (C=O) groups excluding carboxylic acids is 1. The maximum Gasteiger partial charge on any atom is 0.252 e. The molecule has 0 unspecified atom stereocenters. The Morgan fingerprint density at radius 1 is 1.00 bits per heavy atom. The Labute approximate surface area is 162 Å². The SMILES string of the molecule is O=C(NCc1cn(Cc2ccccc2)nc1-c1ccccc1)c1ccsc1. The molecule has 2 heterocycles. The molecule has 0 bridgehead atoms. The van der Waals surface area contributed by atoms with E-state index in [0.717, 1.165) is 16.8 Å². The summed E-state index contributed by atoms with van der Waals surface area (Å²) in [4.78, 5) is 12.3. The number of nitrogens with one attached hydrogen (secondary N) is 1. The first-order chi connectivity index (χ1) is 13.3. The monoisotopic (exact) mass is 373 g/mol. The summed E-state index contributed by atoms with van der Waals surface area (Å²) in [5, 5.41) is 11.5.